The number of benzene rings is 2. The predicted octanol–water partition coefficient (Wildman–Crippen LogP) is 5.36. The summed E-state index contributed by atoms with van der Waals surface area (Å²) < 4.78 is 0. The number of hydrogen-bond acceptors (Lipinski definition) is 1. The van der Waals surface area contributed by atoms with Crippen molar-refractivity contribution in [2.45, 2.75) is 26.3 Å². The van der Waals surface area contributed by atoms with Gasteiger partial charge in [0.15, 0.2) is 0 Å². The highest BCUT2D eigenvalue weighted by atomic mass is 15.1. The topological polar surface area (TPSA) is 3.24 Å². The lowest BCUT2D eigenvalue weighted by molar-refractivity contribution is 0.388. The van der Waals surface area contributed by atoms with Crippen molar-refractivity contribution in [2.24, 2.45) is 0 Å². The third kappa shape index (κ3) is 2.71. The van der Waals surface area contributed by atoms with Crippen molar-refractivity contribution >= 4 is 5.57 Å². The molecule has 0 saturated heterocycles. The van der Waals surface area contributed by atoms with Crippen LogP contribution in [0.3, 0.4) is 0 Å². The molecule has 22 heavy (non-hydrogen) atoms. The first kappa shape index (κ1) is 14.6. The van der Waals surface area contributed by atoms with E-state index in [4.69, 9.17) is 0 Å². The van der Waals surface area contributed by atoms with Crippen LogP contribution in [0.5, 0.6) is 0 Å². The van der Waals surface area contributed by atoms with E-state index in [0.717, 1.165) is 6.42 Å². The first-order valence-electron chi connectivity index (χ1n) is 7.96. The molecule has 0 radical (unpaired) electrons. The highest BCUT2D eigenvalue weighted by molar-refractivity contribution is 5.80. The summed E-state index contributed by atoms with van der Waals surface area (Å²) in [7, 11) is 2.17. The van der Waals surface area contributed by atoms with Gasteiger partial charge >= 0.3 is 0 Å². The molecule has 1 aliphatic rings. The Morgan fingerprint density at radius 1 is 0.955 bits per heavy atom. The van der Waals surface area contributed by atoms with E-state index in [2.05, 4.69) is 92.7 Å². The lowest BCUT2D eigenvalue weighted by Crippen LogP contribution is -2.22. The van der Waals surface area contributed by atoms with Crippen molar-refractivity contribution in [3.8, 4) is 0 Å². The van der Waals surface area contributed by atoms with Gasteiger partial charge in [0.25, 0.3) is 0 Å². The molecule has 3 rings (SSSR count). The summed E-state index contributed by atoms with van der Waals surface area (Å²) in [5.74, 6) is 0. The lowest BCUT2D eigenvalue weighted by atomic mass is 9.89. The molecule has 0 amide bonds. The van der Waals surface area contributed by atoms with Crippen LogP contribution in [0.4, 0.5) is 0 Å². The third-order valence-corrected chi connectivity index (χ3v) is 4.45. The zero-order chi connectivity index (χ0) is 15.5. The molecule has 1 aliphatic heterocycles. The van der Waals surface area contributed by atoms with Crippen molar-refractivity contribution in [1.82, 2.24) is 4.90 Å². The number of allylic oxidation sites excluding steroid dienone is 2. The van der Waals surface area contributed by atoms with Crippen molar-refractivity contribution in [3.63, 3.8) is 0 Å². The van der Waals surface area contributed by atoms with E-state index in [1.165, 1.54) is 27.8 Å². The van der Waals surface area contributed by atoms with Crippen molar-refractivity contribution in [3.05, 3.63) is 89.1 Å². The Balaban J connectivity index is 2.02. The molecule has 0 spiro atoms. The summed E-state index contributed by atoms with van der Waals surface area (Å²) in [6.07, 6.45) is 5.77. The quantitative estimate of drug-likeness (QED) is 0.735. The number of rotatable bonds is 3. The van der Waals surface area contributed by atoms with Crippen LogP contribution < -0.4 is 0 Å². The number of nitrogens with zero attached hydrogens (tertiary/aromatic N) is 1. The number of hydrogen-bond donors (Lipinski definition) is 0. The summed E-state index contributed by atoms with van der Waals surface area (Å²) >= 11 is 0. The van der Waals surface area contributed by atoms with Crippen molar-refractivity contribution in [1.29, 1.82) is 0 Å². The summed E-state index contributed by atoms with van der Waals surface area (Å²) in [5.41, 5.74) is 6.81. The van der Waals surface area contributed by atoms with Crippen LogP contribution in [0.2, 0.25) is 0 Å². The molecule has 1 heterocycles. The molecular weight excluding hydrogens is 266 g/mol. The van der Waals surface area contributed by atoms with Gasteiger partial charge in [0.05, 0.1) is 6.04 Å². The summed E-state index contributed by atoms with van der Waals surface area (Å²) in [4.78, 5) is 2.32. The highest BCUT2D eigenvalue weighted by Gasteiger charge is 2.21. The molecule has 0 saturated carbocycles. The summed E-state index contributed by atoms with van der Waals surface area (Å²) in [6.45, 7) is 4.43. The Hall–Kier alpha value is -2.28. The third-order valence-electron chi connectivity index (χ3n) is 4.45. The molecule has 1 nitrogen and oxygen atoms in total. The van der Waals surface area contributed by atoms with Crippen LogP contribution >= 0.6 is 0 Å². The monoisotopic (exact) mass is 289 g/mol. The maximum absolute atomic E-state index is 2.42. The fourth-order valence-corrected chi connectivity index (χ4v) is 3.18. The average molecular weight is 289 g/mol. The number of likely N-dealkylation sites (N-methyl/N-ethyl adjacent to an activating group) is 1. The molecule has 2 aromatic rings. The highest BCUT2D eigenvalue weighted by Crippen LogP contribution is 2.36. The van der Waals surface area contributed by atoms with Gasteiger partial charge in [-0.3, -0.25) is 0 Å². The molecule has 1 unspecified atom stereocenters. The Morgan fingerprint density at radius 2 is 1.64 bits per heavy atom. The molecule has 0 aliphatic carbocycles. The zero-order valence-corrected chi connectivity index (χ0v) is 13.6. The Bertz CT molecular complexity index is 710. The smallest absolute Gasteiger partial charge is 0.0726 e. The van der Waals surface area contributed by atoms with E-state index in [1.807, 2.05) is 0 Å². The van der Waals surface area contributed by atoms with E-state index >= 15 is 0 Å². The van der Waals surface area contributed by atoms with Crippen LogP contribution in [-0.4, -0.2) is 11.9 Å². The van der Waals surface area contributed by atoms with E-state index in [-0.39, 0.29) is 0 Å². The fourth-order valence-electron chi connectivity index (χ4n) is 3.18. The van der Waals surface area contributed by atoms with Gasteiger partial charge in [-0.25, -0.2) is 0 Å². The Morgan fingerprint density at radius 3 is 2.32 bits per heavy atom. The standard InChI is InChI=1S/C21H23N/c1-4-17-14-21(19-13-9-8-10-16(19)2)22(3)15-20(17)18-11-6-5-7-12-18/h5-15,21H,4H2,1-3H3. The maximum Gasteiger partial charge on any atom is 0.0726 e. The minimum atomic E-state index is 0.323. The van der Waals surface area contributed by atoms with Gasteiger partial charge in [-0.1, -0.05) is 67.6 Å². The molecule has 1 atom stereocenters. The first-order valence-corrected chi connectivity index (χ1v) is 7.96. The van der Waals surface area contributed by atoms with E-state index in [9.17, 15) is 0 Å². The second-order valence-electron chi connectivity index (χ2n) is 5.92. The van der Waals surface area contributed by atoms with E-state index in [0.29, 0.717) is 6.04 Å². The molecule has 1 heteroatoms. The van der Waals surface area contributed by atoms with Crippen molar-refractivity contribution in [2.75, 3.05) is 7.05 Å². The van der Waals surface area contributed by atoms with Gasteiger partial charge in [-0.05, 0) is 35.6 Å². The average Bonchev–Trinajstić information content (AvgIpc) is 2.56. The summed E-state index contributed by atoms with van der Waals surface area (Å²) in [5, 5.41) is 0. The normalized spacial score (nSPS) is 18.0. The second-order valence-corrected chi connectivity index (χ2v) is 5.92. The first-order chi connectivity index (χ1) is 10.7. The van der Waals surface area contributed by atoms with E-state index in [1.54, 1.807) is 0 Å². The van der Waals surface area contributed by atoms with Gasteiger partial charge in [-0.15, -0.1) is 0 Å². The van der Waals surface area contributed by atoms with Gasteiger partial charge in [0.1, 0.15) is 0 Å². The Labute approximate surface area is 133 Å². The molecular formula is C21H23N. The molecule has 0 fully saturated rings. The Kier molecular flexibility index (Phi) is 4.15. The number of aryl methyl sites for hydroxylation is 1. The molecule has 0 aromatic heterocycles. The second kappa shape index (κ2) is 6.23. The van der Waals surface area contributed by atoms with Gasteiger partial charge in [0, 0.05) is 18.8 Å². The van der Waals surface area contributed by atoms with Crippen LogP contribution in [0, 0.1) is 6.92 Å². The largest absolute Gasteiger partial charge is 0.369 e. The van der Waals surface area contributed by atoms with Crippen LogP contribution in [-0.2, 0) is 0 Å². The minimum Gasteiger partial charge on any atom is -0.369 e. The maximum atomic E-state index is 2.42. The molecule has 0 bridgehead atoms. The molecule has 112 valence electrons. The van der Waals surface area contributed by atoms with Crippen molar-refractivity contribution < 1.29 is 0 Å². The summed E-state index contributed by atoms with van der Waals surface area (Å²) in [6, 6.07) is 19.7. The van der Waals surface area contributed by atoms with Crippen LogP contribution in [0.15, 0.2) is 72.4 Å². The van der Waals surface area contributed by atoms with Crippen LogP contribution in [0.25, 0.3) is 5.57 Å². The molecule has 0 N–H and O–H groups in total. The zero-order valence-electron chi connectivity index (χ0n) is 13.6. The van der Waals surface area contributed by atoms with Gasteiger partial charge in [-0.2, -0.15) is 0 Å². The fraction of sp³-hybridized carbons (Fsp3) is 0.238. The van der Waals surface area contributed by atoms with Gasteiger partial charge in [0.2, 0.25) is 0 Å². The lowest BCUT2D eigenvalue weighted by Gasteiger charge is -2.32. The van der Waals surface area contributed by atoms with Gasteiger partial charge < -0.3 is 4.90 Å². The minimum absolute atomic E-state index is 0.323. The van der Waals surface area contributed by atoms with E-state index < -0.39 is 0 Å². The van der Waals surface area contributed by atoms with Crippen LogP contribution in [0.1, 0.15) is 36.1 Å². The molecule has 2 aromatic carbocycles. The SMILES string of the molecule is CCC1=CC(c2ccccc2C)N(C)C=C1c1ccccc1. The predicted molar refractivity (Wildman–Crippen MR) is 94.5 cm³/mol.